The predicted octanol–water partition coefficient (Wildman–Crippen LogP) is 3.43. The van der Waals surface area contributed by atoms with Gasteiger partial charge in [0.05, 0.1) is 12.1 Å². The molecule has 1 heterocycles. The summed E-state index contributed by atoms with van der Waals surface area (Å²) in [4.78, 5) is 11.8. The Morgan fingerprint density at radius 2 is 1.96 bits per heavy atom. The molecule has 0 saturated heterocycles. The highest BCUT2D eigenvalue weighted by molar-refractivity contribution is 5.94. The van der Waals surface area contributed by atoms with Gasteiger partial charge in [-0.1, -0.05) is 11.3 Å². The van der Waals surface area contributed by atoms with Crippen molar-refractivity contribution < 1.29 is 9.53 Å². The molecule has 0 aliphatic carbocycles. The van der Waals surface area contributed by atoms with Gasteiger partial charge in [0.15, 0.2) is 0 Å². The van der Waals surface area contributed by atoms with Crippen LogP contribution in [0.2, 0.25) is 0 Å². The molecule has 1 N–H and O–H groups in total. The van der Waals surface area contributed by atoms with Gasteiger partial charge in [0.1, 0.15) is 11.3 Å². The number of benzene rings is 2. The molecule has 27 heavy (non-hydrogen) atoms. The zero-order valence-electron chi connectivity index (χ0n) is 15.7. The molecule has 0 saturated carbocycles. The Morgan fingerprint density at radius 1 is 1.22 bits per heavy atom. The van der Waals surface area contributed by atoms with Crippen LogP contribution >= 0.6 is 0 Å². The molecule has 2 aromatic carbocycles. The second kappa shape index (κ2) is 8.49. The number of fused-ring (bicyclic) bond motifs is 1. The molecule has 1 amide bonds. The SMILES string of the molecule is C=CCNC(=O)c1ccc(OCCCn2nnc3cc(C)c(C)cc32)cc1. The molecule has 3 rings (SSSR count). The summed E-state index contributed by atoms with van der Waals surface area (Å²) in [6.45, 7) is 9.51. The quantitative estimate of drug-likeness (QED) is 0.491. The highest BCUT2D eigenvalue weighted by Gasteiger charge is 2.07. The molecule has 0 unspecified atom stereocenters. The number of nitrogens with zero attached hydrogens (tertiary/aromatic N) is 3. The van der Waals surface area contributed by atoms with Crippen molar-refractivity contribution >= 4 is 16.9 Å². The zero-order chi connectivity index (χ0) is 19.2. The maximum atomic E-state index is 11.8. The molecule has 140 valence electrons. The second-order valence-corrected chi connectivity index (χ2v) is 6.46. The van der Waals surface area contributed by atoms with Crippen molar-refractivity contribution in [2.24, 2.45) is 0 Å². The Labute approximate surface area is 158 Å². The lowest BCUT2D eigenvalue weighted by Gasteiger charge is -2.08. The largest absolute Gasteiger partial charge is 0.494 e. The number of nitrogens with one attached hydrogen (secondary N) is 1. The van der Waals surface area contributed by atoms with E-state index in [-0.39, 0.29) is 5.91 Å². The number of aromatic nitrogens is 3. The summed E-state index contributed by atoms with van der Waals surface area (Å²) in [5.41, 5.74) is 5.03. The number of rotatable bonds is 8. The normalized spacial score (nSPS) is 10.7. The van der Waals surface area contributed by atoms with Crippen LogP contribution in [0.25, 0.3) is 11.0 Å². The van der Waals surface area contributed by atoms with Gasteiger partial charge in [-0.25, -0.2) is 4.68 Å². The smallest absolute Gasteiger partial charge is 0.251 e. The minimum Gasteiger partial charge on any atom is -0.494 e. The van der Waals surface area contributed by atoms with Crippen LogP contribution in [0.15, 0.2) is 49.1 Å². The minimum absolute atomic E-state index is 0.120. The van der Waals surface area contributed by atoms with Gasteiger partial charge in [0.2, 0.25) is 0 Å². The molecule has 0 spiro atoms. The van der Waals surface area contributed by atoms with Crippen molar-refractivity contribution in [1.29, 1.82) is 0 Å². The molecule has 0 fully saturated rings. The van der Waals surface area contributed by atoms with Crippen LogP contribution in [0.3, 0.4) is 0 Å². The van der Waals surface area contributed by atoms with Crippen molar-refractivity contribution in [1.82, 2.24) is 20.3 Å². The van der Waals surface area contributed by atoms with E-state index in [4.69, 9.17) is 4.74 Å². The van der Waals surface area contributed by atoms with Crippen molar-refractivity contribution in [3.8, 4) is 5.75 Å². The van der Waals surface area contributed by atoms with Crippen LogP contribution in [-0.2, 0) is 6.54 Å². The van der Waals surface area contributed by atoms with Crippen LogP contribution in [0.4, 0.5) is 0 Å². The maximum absolute atomic E-state index is 11.8. The summed E-state index contributed by atoms with van der Waals surface area (Å²) in [6.07, 6.45) is 2.46. The van der Waals surface area contributed by atoms with Crippen molar-refractivity contribution in [3.05, 3.63) is 65.7 Å². The summed E-state index contributed by atoms with van der Waals surface area (Å²) in [7, 11) is 0. The molecule has 0 bridgehead atoms. The van der Waals surface area contributed by atoms with E-state index in [1.54, 1.807) is 30.3 Å². The predicted molar refractivity (Wildman–Crippen MR) is 106 cm³/mol. The Morgan fingerprint density at radius 3 is 2.70 bits per heavy atom. The van der Waals surface area contributed by atoms with Crippen molar-refractivity contribution in [2.45, 2.75) is 26.8 Å². The molecule has 0 aliphatic heterocycles. The first-order valence-corrected chi connectivity index (χ1v) is 9.01. The standard InChI is InChI=1S/C21H24N4O2/c1-4-10-22-21(26)17-6-8-18(9-7-17)27-12-5-11-25-20-14-16(3)15(2)13-19(20)23-24-25/h4,6-9,13-14H,1,5,10-12H2,2-3H3,(H,22,26). The third kappa shape index (κ3) is 4.53. The lowest BCUT2D eigenvalue weighted by molar-refractivity contribution is 0.0958. The third-order valence-corrected chi connectivity index (χ3v) is 4.44. The monoisotopic (exact) mass is 364 g/mol. The molecule has 0 aliphatic rings. The number of aryl methyl sites for hydroxylation is 3. The molecular formula is C21H24N4O2. The topological polar surface area (TPSA) is 69.0 Å². The summed E-state index contributed by atoms with van der Waals surface area (Å²) in [5.74, 6) is 0.621. The van der Waals surface area contributed by atoms with E-state index in [1.165, 1.54) is 11.1 Å². The Hall–Kier alpha value is -3.15. The Balaban J connectivity index is 1.51. The first-order chi connectivity index (χ1) is 13.1. The number of carbonyl (C=O) groups excluding carboxylic acids is 1. The average Bonchev–Trinajstić information content (AvgIpc) is 3.06. The van der Waals surface area contributed by atoms with Crippen LogP contribution in [0.5, 0.6) is 5.75 Å². The fourth-order valence-corrected chi connectivity index (χ4v) is 2.76. The van der Waals surface area contributed by atoms with Gasteiger partial charge < -0.3 is 10.1 Å². The van der Waals surface area contributed by atoms with E-state index in [0.717, 1.165) is 29.7 Å². The highest BCUT2D eigenvalue weighted by atomic mass is 16.5. The lowest BCUT2D eigenvalue weighted by atomic mass is 10.1. The average molecular weight is 364 g/mol. The summed E-state index contributed by atoms with van der Waals surface area (Å²) in [5, 5.41) is 11.2. The van der Waals surface area contributed by atoms with Crippen LogP contribution in [-0.4, -0.2) is 34.1 Å². The number of hydrogen-bond donors (Lipinski definition) is 1. The van der Waals surface area contributed by atoms with Crippen LogP contribution < -0.4 is 10.1 Å². The molecule has 6 nitrogen and oxygen atoms in total. The molecule has 3 aromatic rings. The second-order valence-electron chi connectivity index (χ2n) is 6.46. The minimum atomic E-state index is -0.120. The summed E-state index contributed by atoms with van der Waals surface area (Å²) in [6, 6.07) is 11.3. The zero-order valence-corrected chi connectivity index (χ0v) is 15.7. The molecule has 6 heteroatoms. The van der Waals surface area contributed by atoms with Crippen molar-refractivity contribution in [3.63, 3.8) is 0 Å². The first-order valence-electron chi connectivity index (χ1n) is 9.01. The molecule has 1 aromatic heterocycles. The van der Waals surface area contributed by atoms with Crippen molar-refractivity contribution in [2.75, 3.05) is 13.2 Å². The first kappa shape index (κ1) is 18.6. The van der Waals surface area contributed by atoms with Crippen LogP contribution in [0, 0.1) is 13.8 Å². The third-order valence-electron chi connectivity index (χ3n) is 4.44. The molecule has 0 radical (unpaired) electrons. The Kier molecular flexibility index (Phi) is 5.86. The summed E-state index contributed by atoms with van der Waals surface area (Å²) >= 11 is 0. The van der Waals surface area contributed by atoms with Gasteiger partial charge in [-0.05, 0) is 61.4 Å². The molecular weight excluding hydrogens is 340 g/mol. The molecule has 0 atom stereocenters. The number of carbonyl (C=O) groups is 1. The van der Waals surface area contributed by atoms with Gasteiger partial charge in [-0.2, -0.15) is 0 Å². The number of amides is 1. The van der Waals surface area contributed by atoms with E-state index in [9.17, 15) is 4.79 Å². The fourth-order valence-electron chi connectivity index (χ4n) is 2.76. The van der Waals surface area contributed by atoms with Gasteiger partial charge >= 0.3 is 0 Å². The van der Waals surface area contributed by atoms with E-state index in [1.807, 2.05) is 4.68 Å². The lowest BCUT2D eigenvalue weighted by Crippen LogP contribution is -2.22. The summed E-state index contributed by atoms with van der Waals surface area (Å²) < 4.78 is 7.68. The van der Waals surface area contributed by atoms with Crippen LogP contribution in [0.1, 0.15) is 27.9 Å². The van der Waals surface area contributed by atoms with E-state index in [2.05, 4.69) is 48.2 Å². The van der Waals surface area contributed by atoms with Gasteiger partial charge in [-0.15, -0.1) is 11.7 Å². The Bertz CT molecular complexity index is 945. The fraction of sp³-hybridized carbons (Fsp3) is 0.286. The van der Waals surface area contributed by atoms with Gasteiger partial charge in [0.25, 0.3) is 5.91 Å². The van der Waals surface area contributed by atoms with Gasteiger partial charge in [0, 0.05) is 25.1 Å². The number of hydrogen-bond acceptors (Lipinski definition) is 4. The van der Waals surface area contributed by atoms with Gasteiger partial charge in [-0.3, -0.25) is 4.79 Å². The van der Waals surface area contributed by atoms with E-state index < -0.39 is 0 Å². The maximum Gasteiger partial charge on any atom is 0.251 e. The highest BCUT2D eigenvalue weighted by Crippen LogP contribution is 2.17. The van der Waals surface area contributed by atoms with E-state index in [0.29, 0.717) is 18.7 Å². The van der Waals surface area contributed by atoms with E-state index >= 15 is 0 Å². The number of ether oxygens (including phenoxy) is 1.